The molecule has 5 rings (SSSR count). The van der Waals surface area contributed by atoms with Crippen molar-refractivity contribution in [1.82, 2.24) is 4.31 Å². The lowest BCUT2D eigenvalue weighted by Gasteiger charge is -2.28. The normalized spacial score (nSPS) is 20.7. The average Bonchev–Trinajstić information content (AvgIpc) is 3.40. The minimum Gasteiger partial charge on any atom is -0.482 e. The van der Waals surface area contributed by atoms with Gasteiger partial charge in [-0.1, -0.05) is 18.2 Å². The Morgan fingerprint density at radius 2 is 2.00 bits per heavy atom. The summed E-state index contributed by atoms with van der Waals surface area (Å²) < 4.78 is 33.9. The number of amides is 2. The van der Waals surface area contributed by atoms with Crippen LogP contribution in [0.2, 0.25) is 0 Å². The maximum atomic E-state index is 13.6. The molecule has 162 valence electrons. The largest absolute Gasteiger partial charge is 0.482 e. The van der Waals surface area contributed by atoms with E-state index in [-0.39, 0.29) is 23.3 Å². The second-order valence-electron chi connectivity index (χ2n) is 8.09. The van der Waals surface area contributed by atoms with Crippen LogP contribution < -0.4 is 15.0 Å². The van der Waals surface area contributed by atoms with Crippen LogP contribution in [0.1, 0.15) is 24.0 Å². The van der Waals surface area contributed by atoms with Gasteiger partial charge in [0.2, 0.25) is 15.9 Å². The highest BCUT2D eigenvalue weighted by molar-refractivity contribution is 7.89. The van der Waals surface area contributed by atoms with Crippen LogP contribution in [0.4, 0.5) is 11.4 Å². The summed E-state index contributed by atoms with van der Waals surface area (Å²) in [4.78, 5) is 26.8. The Morgan fingerprint density at radius 1 is 1.19 bits per heavy atom. The molecule has 3 heterocycles. The first-order valence-electron chi connectivity index (χ1n) is 10.3. The van der Waals surface area contributed by atoms with Crippen LogP contribution in [0.25, 0.3) is 0 Å². The average molecular weight is 442 g/mol. The first-order chi connectivity index (χ1) is 14.9. The van der Waals surface area contributed by atoms with Gasteiger partial charge in [0.1, 0.15) is 11.8 Å². The molecule has 3 aliphatic heterocycles. The predicted molar refractivity (Wildman–Crippen MR) is 115 cm³/mol. The number of anilines is 2. The lowest BCUT2D eigenvalue weighted by Crippen LogP contribution is -2.47. The second kappa shape index (κ2) is 7.35. The molecule has 9 heteroatoms. The predicted octanol–water partition coefficient (Wildman–Crippen LogP) is 2.07. The van der Waals surface area contributed by atoms with Gasteiger partial charge in [-0.05, 0) is 49.4 Å². The lowest BCUT2D eigenvalue weighted by atomic mass is 10.1. The van der Waals surface area contributed by atoms with E-state index in [0.717, 1.165) is 17.7 Å². The summed E-state index contributed by atoms with van der Waals surface area (Å²) in [5.41, 5.74) is 2.92. The Kier molecular flexibility index (Phi) is 4.75. The molecule has 0 saturated carbocycles. The standard InChI is InChI=1S/C22H23N3O5S/c1-14-11-16-19(30-13-21(26)23-16)12-20(14)31(28,29)25-9-4-7-18(25)22(27)24-10-8-15-5-2-3-6-17(15)24/h2-3,5-6,11-12,18H,4,7-10,13H2,1H3,(H,23,26)/t18-/m0/s1. The van der Waals surface area contributed by atoms with Gasteiger partial charge < -0.3 is 15.0 Å². The number of rotatable bonds is 3. The molecule has 1 saturated heterocycles. The highest BCUT2D eigenvalue weighted by Crippen LogP contribution is 2.37. The fraction of sp³-hybridized carbons (Fsp3) is 0.364. The van der Waals surface area contributed by atoms with Crippen LogP contribution >= 0.6 is 0 Å². The fourth-order valence-electron chi connectivity index (χ4n) is 4.64. The summed E-state index contributed by atoms with van der Waals surface area (Å²) >= 11 is 0. The highest BCUT2D eigenvalue weighted by Gasteiger charge is 2.43. The van der Waals surface area contributed by atoms with E-state index in [4.69, 9.17) is 4.74 Å². The summed E-state index contributed by atoms with van der Waals surface area (Å²) in [5, 5.41) is 2.69. The lowest BCUT2D eigenvalue weighted by molar-refractivity contribution is -0.121. The number of nitrogens with one attached hydrogen (secondary N) is 1. The van der Waals surface area contributed by atoms with E-state index in [9.17, 15) is 18.0 Å². The van der Waals surface area contributed by atoms with Crippen molar-refractivity contribution < 1.29 is 22.7 Å². The fourth-order valence-corrected chi connectivity index (χ4v) is 6.52. The molecule has 0 bridgehead atoms. The summed E-state index contributed by atoms with van der Waals surface area (Å²) in [6.45, 7) is 2.38. The Morgan fingerprint density at radius 3 is 2.84 bits per heavy atom. The van der Waals surface area contributed by atoms with E-state index in [1.54, 1.807) is 17.9 Å². The number of sulfonamides is 1. The number of hydrogen-bond acceptors (Lipinski definition) is 5. The quantitative estimate of drug-likeness (QED) is 0.787. The number of carbonyl (C=O) groups excluding carboxylic acids is 2. The number of nitrogens with zero attached hydrogens (tertiary/aromatic N) is 2. The Balaban J connectivity index is 1.47. The SMILES string of the molecule is Cc1cc2c(cc1S(=O)(=O)N1CCC[C@H]1C(=O)N1CCc3ccccc31)OCC(=O)N2. The van der Waals surface area contributed by atoms with Gasteiger partial charge in [-0.3, -0.25) is 9.59 Å². The van der Waals surface area contributed by atoms with Crippen molar-refractivity contribution >= 4 is 33.2 Å². The van der Waals surface area contributed by atoms with Gasteiger partial charge in [0.15, 0.2) is 6.61 Å². The van der Waals surface area contributed by atoms with Crippen molar-refractivity contribution in [3.8, 4) is 5.75 Å². The number of ether oxygens (including phenoxy) is 1. The molecule has 1 fully saturated rings. The van der Waals surface area contributed by atoms with Gasteiger partial charge in [-0.15, -0.1) is 0 Å². The maximum Gasteiger partial charge on any atom is 0.262 e. The number of fused-ring (bicyclic) bond motifs is 2. The number of hydrogen-bond donors (Lipinski definition) is 1. The minimum atomic E-state index is -3.92. The molecule has 0 aliphatic carbocycles. The van der Waals surface area contributed by atoms with Crippen LogP contribution in [-0.4, -0.2) is 50.3 Å². The molecule has 1 N–H and O–H groups in total. The highest BCUT2D eigenvalue weighted by atomic mass is 32.2. The number of aryl methyl sites for hydroxylation is 1. The Bertz CT molecular complexity index is 1190. The zero-order chi connectivity index (χ0) is 21.8. The first kappa shape index (κ1) is 20.0. The Labute approximate surface area is 180 Å². The van der Waals surface area contributed by atoms with Gasteiger partial charge in [0.25, 0.3) is 5.91 Å². The van der Waals surface area contributed by atoms with E-state index in [1.165, 1.54) is 10.4 Å². The molecule has 1 atom stereocenters. The zero-order valence-corrected chi connectivity index (χ0v) is 17.9. The molecule has 31 heavy (non-hydrogen) atoms. The van der Waals surface area contributed by atoms with Crippen molar-refractivity contribution in [2.45, 2.75) is 37.1 Å². The van der Waals surface area contributed by atoms with E-state index < -0.39 is 16.1 Å². The number of carbonyl (C=O) groups is 2. The molecule has 0 radical (unpaired) electrons. The summed E-state index contributed by atoms with van der Waals surface area (Å²) in [6.07, 6.45) is 1.89. The monoisotopic (exact) mass is 441 g/mol. The molecule has 2 aromatic rings. The van der Waals surface area contributed by atoms with Crippen molar-refractivity contribution in [2.75, 3.05) is 29.9 Å². The molecule has 0 unspecified atom stereocenters. The first-order valence-corrected chi connectivity index (χ1v) is 11.8. The van der Waals surface area contributed by atoms with Crippen molar-refractivity contribution in [3.63, 3.8) is 0 Å². The van der Waals surface area contributed by atoms with Crippen LogP contribution in [0, 0.1) is 6.92 Å². The molecule has 0 spiro atoms. The summed E-state index contributed by atoms with van der Waals surface area (Å²) in [5.74, 6) is -0.136. The maximum absolute atomic E-state index is 13.6. The van der Waals surface area contributed by atoms with Crippen LogP contribution in [0.5, 0.6) is 5.75 Å². The van der Waals surface area contributed by atoms with Crippen LogP contribution in [-0.2, 0) is 26.0 Å². The Hall–Kier alpha value is -2.91. The molecule has 8 nitrogen and oxygen atoms in total. The minimum absolute atomic E-state index is 0.101. The van der Waals surface area contributed by atoms with Crippen LogP contribution in [0.3, 0.4) is 0 Å². The third-order valence-electron chi connectivity index (χ3n) is 6.14. The molecular formula is C22H23N3O5S. The topological polar surface area (TPSA) is 96.0 Å². The molecule has 2 aromatic carbocycles. The van der Waals surface area contributed by atoms with Gasteiger partial charge in [0.05, 0.1) is 10.6 Å². The van der Waals surface area contributed by atoms with Gasteiger partial charge in [-0.2, -0.15) is 4.31 Å². The van der Waals surface area contributed by atoms with Gasteiger partial charge in [-0.25, -0.2) is 8.42 Å². The third-order valence-corrected chi connectivity index (χ3v) is 8.19. The van der Waals surface area contributed by atoms with E-state index in [2.05, 4.69) is 5.32 Å². The summed E-state index contributed by atoms with van der Waals surface area (Å²) in [6, 6.07) is 10.1. The number of para-hydroxylation sites is 1. The third kappa shape index (κ3) is 3.28. The van der Waals surface area contributed by atoms with E-state index in [1.807, 2.05) is 24.3 Å². The summed E-state index contributed by atoms with van der Waals surface area (Å²) in [7, 11) is -3.92. The molecular weight excluding hydrogens is 418 g/mol. The van der Waals surface area contributed by atoms with Crippen molar-refractivity contribution in [1.29, 1.82) is 0 Å². The zero-order valence-electron chi connectivity index (χ0n) is 17.1. The molecule has 3 aliphatic rings. The molecule has 0 aromatic heterocycles. The second-order valence-corrected chi connectivity index (χ2v) is 9.95. The number of benzene rings is 2. The van der Waals surface area contributed by atoms with E-state index >= 15 is 0 Å². The van der Waals surface area contributed by atoms with Crippen molar-refractivity contribution in [3.05, 3.63) is 47.5 Å². The van der Waals surface area contributed by atoms with Gasteiger partial charge in [0, 0.05) is 24.8 Å². The van der Waals surface area contributed by atoms with E-state index in [0.29, 0.717) is 42.9 Å². The molecule has 2 amide bonds. The van der Waals surface area contributed by atoms with Gasteiger partial charge >= 0.3 is 0 Å². The van der Waals surface area contributed by atoms with Crippen molar-refractivity contribution in [2.24, 2.45) is 0 Å². The van der Waals surface area contributed by atoms with Crippen LogP contribution in [0.15, 0.2) is 41.3 Å². The smallest absolute Gasteiger partial charge is 0.262 e.